The van der Waals surface area contributed by atoms with Crippen molar-refractivity contribution in [2.75, 3.05) is 26.2 Å². The van der Waals surface area contributed by atoms with Gasteiger partial charge in [-0.25, -0.2) is 0 Å². The number of phenolic OH excluding ortho intramolecular Hbond substituents is 1. The van der Waals surface area contributed by atoms with Crippen LogP contribution in [0.25, 0.3) is 0 Å². The van der Waals surface area contributed by atoms with Gasteiger partial charge in [0.1, 0.15) is 5.75 Å². The van der Waals surface area contributed by atoms with Gasteiger partial charge in [-0.1, -0.05) is 24.3 Å². The third-order valence-electron chi connectivity index (χ3n) is 3.61. The third-order valence-corrected chi connectivity index (χ3v) is 3.61. The Labute approximate surface area is 133 Å². The van der Waals surface area contributed by atoms with E-state index in [1.807, 2.05) is 31.2 Å². The van der Waals surface area contributed by atoms with E-state index in [0.29, 0.717) is 5.75 Å². The molecule has 20 heavy (non-hydrogen) atoms. The smallest absolute Gasteiger partial charge is 0.123 e. The number of hydrogen-bond acceptors (Lipinski definition) is 3. The minimum atomic E-state index is 0. The molecule has 1 aromatic rings. The van der Waals surface area contributed by atoms with E-state index in [0.717, 1.165) is 43.7 Å². The Morgan fingerprint density at radius 2 is 2.00 bits per heavy atom. The number of benzene rings is 1. The molecular weight excluding hydrogens is 295 g/mol. The Kier molecular flexibility index (Phi) is 8.90. The zero-order chi connectivity index (χ0) is 13.0. The zero-order valence-corrected chi connectivity index (χ0v) is 13.5. The van der Waals surface area contributed by atoms with Gasteiger partial charge in [0.2, 0.25) is 0 Å². The molecule has 2 rings (SSSR count). The molecule has 0 spiro atoms. The average molecular weight is 319 g/mol. The van der Waals surface area contributed by atoms with Crippen LogP contribution < -0.4 is 5.32 Å². The summed E-state index contributed by atoms with van der Waals surface area (Å²) in [7, 11) is 0. The molecule has 1 aliphatic rings. The highest BCUT2D eigenvalue weighted by molar-refractivity contribution is 5.85. The highest BCUT2D eigenvalue weighted by atomic mass is 35.5. The highest BCUT2D eigenvalue weighted by Gasteiger charge is 2.23. The maximum Gasteiger partial charge on any atom is 0.123 e. The fraction of sp³-hybridized carbons (Fsp3) is 0.467. The molecular formula is C15H24Cl2N2O. The van der Waals surface area contributed by atoms with Gasteiger partial charge in [-0.15, -0.1) is 31.4 Å². The second-order valence-corrected chi connectivity index (χ2v) is 4.84. The first-order chi connectivity index (χ1) is 8.74. The second kappa shape index (κ2) is 9.24. The fourth-order valence-electron chi connectivity index (χ4n) is 2.57. The number of hydrogen-bond donors (Lipinski definition) is 2. The molecule has 0 aromatic heterocycles. The van der Waals surface area contributed by atoms with Crippen molar-refractivity contribution in [2.45, 2.75) is 19.4 Å². The molecule has 5 heteroatoms. The van der Waals surface area contributed by atoms with Gasteiger partial charge < -0.3 is 10.4 Å². The first-order valence-corrected chi connectivity index (χ1v) is 6.58. The number of nitrogens with one attached hydrogen (secondary N) is 1. The number of nitrogens with zero attached hydrogens (tertiary/aromatic N) is 1. The molecule has 2 N–H and O–H groups in total. The van der Waals surface area contributed by atoms with Crippen LogP contribution in [-0.4, -0.2) is 36.2 Å². The van der Waals surface area contributed by atoms with Crippen molar-refractivity contribution in [1.29, 1.82) is 0 Å². The Morgan fingerprint density at radius 3 is 2.60 bits per heavy atom. The van der Waals surface area contributed by atoms with E-state index < -0.39 is 0 Å². The van der Waals surface area contributed by atoms with Crippen molar-refractivity contribution < 1.29 is 5.11 Å². The van der Waals surface area contributed by atoms with Crippen LogP contribution in [0.2, 0.25) is 0 Å². The number of phenols is 1. The van der Waals surface area contributed by atoms with Crippen LogP contribution in [0.15, 0.2) is 30.9 Å². The van der Waals surface area contributed by atoms with E-state index in [1.54, 1.807) is 0 Å². The lowest BCUT2D eigenvalue weighted by atomic mass is 9.98. The van der Waals surface area contributed by atoms with Crippen molar-refractivity contribution in [3.63, 3.8) is 0 Å². The summed E-state index contributed by atoms with van der Waals surface area (Å²) >= 11 is 0. The average Bonchev–Trinajstić information content (AvgIpc) is 2.41. The fourth-order valence-corrected chi connectivity index (χ4v) is 2.57. The van der Waals surface area contributed by atoms with Crippen LogP contribution in [0.1, 0.15) is 23.6 Å². The number of halogens is 2. The second-order valence-electron chi connectivity index (χ2n) is 4.84. The predicted octanol–water partition coefficient (Wildman–Crippen LogP) is 3.07. The van der Waals surface area contributed by atoms with Gasteiger partial charge in [-0.2, -0.15) is 0 Å². The van der Waals surface area contributed by atoms with Crippen LogP contribution in [0.4, 0.5) is 0 Å². The van der Waals surface area contributed by atoms with Gasteiger partial charge in [0.15, 0.2) is 0 Å². The summed E-state index contributed by atoms with van der Waals surface area (Å²) in [5.74, 6) is 0.433. The van der Waals surface area contributed by atoms with Crippen molar-refractivity contribution in [3.8, 4) is 5.75 Å². The van der Waals surface area contributed by atoms with E-state index in [4.69, 9.17) is 0 Å². The molecule has 1 heterocycles. The largest absolute Gasteiger partial charge is 0.507 e. The minimum absolute atomic E-state index is 0. The number of aromatic hydroxyl groups is 1. The number of rotatable bonds is 4. The predicted molar refractivity (Wildman–Crippen MR) is 89.3 cm³/mol. The Balaban J connectivity index is 0.00000180. The number of aryl methyl sites for hydroxylation is 1. The van der Waals surface area contributed by atoms with Crippen LogP contribution in [0, 0.1) is 6.92 Å². The summed E-state index contributed by atoms with van der Waals surface area (Å²) in [6.45, 7) is 9.86. The maximum atomic E-state index is 10.2. The van der Waals surface area contributed by atoms with Crippen LogP contribution >= 0.6 is 24.8 Å². The molecule has 1 fully saturated rings. The highest BCUT2D eigenvalue weighted by Crippen LogP contribution is 2.33. The Morgan fingerprint density at radius 1 is 1.35 bits per heavy atom. The van der Waals surface area contributed by atoms with Crippen molar-refractivity contribution >= 4 is 24.8 Å². The molecule has 0 radical (unpaired) electrons. The first kappa shape index (κ1) is 19.3. The summed E-state index contributed by atoms with van der Waals surface area (Å²) < 4.78 is 0. The van der Waals surface area contributed by atoms with E-state index in [-0.39, 0.29) is 30.9 Å². The SMILES string of the molecule is C=CC[C@@H](c1cccc(C)c1O)N1CCNCC1.Cl.Cl. The maximum absolute atomic E-state index is 10.2. The van der Waals surface area contributed by atoms with Gasteiger partial charge in [-0.05, 0) is 18.9 Å². The van der Waals surface area contributed by atoms with Gasteiger partial charge in [-0.3, -0.25) is 4.90 Å². The molecule has 0 amide bonds. The van der Waals surface area contributed by atoms with Crippen LogP contribution in [-0.2, 0) is 0 Å². The van der Waals surface area contributed by atoms with Gasteiger partial charge >= 0.3 is 0 Å². The van der Waals surface area contributed by atoms with E-state index in [2.05, 4.69) is 16.8 Å². The third kappa shape index (κ3) is 4.38. The summed E-state index contributed by atoms with van der Waals surface area (Å²) in [5, 5.41) is 13.6. The summed E-state index contributed by atoms with van der Waals surface area (Å²) in [6.07, 6.45) is 2.81. The lowest BCUT2D eigenvalue weighted by Gasteiger charge is -2.35. The molecule has 0 bridgehead atoms. The number of para-hydroxylation sites is 1. The molecule has 0 unspecified atom stereocenters. The molecule has 1 aromatic carbocycles. The van der Waals surface area contributed by atoms with E-state index in [9.17, 15) is 5.11 Å². The van der Waals surface area contributed by atoms with Crippen molar-refractivity contribution in [2.24, 2.45) is 0 Å². The quantitative estimate of drug-likeness (QED) is 0.837. The monoisotopic (exact) mass is 318 g/mol. The van der Waals surface area contributed by atoms with Crippen molar-refractivity contribution in [1.82, 2.24) is 10.2 Å². The normalized spacial score (nSPS) is 16.6. The molecule has 1 aliphatic heterocycles. The van der Waals surface area contributed by atoms with Crippen LogP contribution in [0.3, 0.4) is 0 Å². The molecule has 114 valence electrons. The molecule has 0 saturated carbocycles. The first-order valence-electron chi connectivity index (χ1n) is 6.58. The molecule has 3 nitrogen and oxygen atoms in total. The molecule has 1 atom stereocenters. The lowest BCUT2D eigenvalue weighted by molar-refractivity contribution is 0.172. The van der Waals surface area contributed by atoms with E-state index >= 15 is 0 Å². The number of piperazine rings is 1. The summed E-state index contributed by atoms with van der Waals surface area (Å²) in [5.41, 5.74) is 1.97. The van der Waals surface area contributed by atoms with Crippen LogP contribution in [0.5, 0.6) is 5.75 Å². The van der Waals surface area contributed by atoms with Gasteiger partial charge in [0.25, 0.3) is 0 Å². The minimum Gasteiger partial charge on any atom is -0.507 e. The lowest BCUT2D eigenvalue weighted by Crippen LogP contribution is -2.45. The topological polar surface area (TPSA) is 35.5 Å². The zero-order valence-electron chi connectivity index (χ0n) is 11.8. The Hall–Kier alpha value is -0.740. The van der Waals surface area contributed by atoms with Crippen molar-refractivity contribution in [3.05, 3.63) is 42.0 Å². The van der Waals surface area contributed by atoms with Gasteiger partial charge in [0.05, 0.1) is 0 Å². The summed E-state index contributed by atoms with van der Waals surface area (Å²) in [6, 6.07) is 6.23. The summed E-state index contributed by atoms with van der Waals surface area (Å²) in [4.78, 5) is 2.42. The molecule has 0 aliphatic carbocycles. The van der Waals surface area contributed by atoms with E-state index in [1.165, 1.54) is 0 Å². The standard InChI is InChI=1S/C15H22N2O.2ClH/c1-3-5-14(17-10-8-16-9-11-17)13-7-4-6-12(2)15(13)18;;/h3-4,6-7,14,16,18H,1,5,8-11H2,2H3;2*1H/t14-;;/m0../s1. The van der Waals surface area contributed by atoms with Gasteiger partial charge in [0, 0.05) is 37.8 Å². The Bertz CT molecular complexity index is 420. The molecule has 1 saturated heterocycles.